The van der Waals surface area contributed by atoms with Crippen molar-refractivity contribution in [1.29, 1.82) is 0 Å². The molecule has 1 saturated heterocycles. The number of hydrogen-bond acceptors (Lipinski definition) is 9. The molecule has 1 aromatic heterocycles. The maximum atomic E-state index is 13.3. The fraction of sp³-hybridized carbons (Fsp3) is 0.345. The first-order chi connectivity index (χ1) is 20.0. The van der Waals surface area contributed by atoms with Gasteiger partial charge in [-0.3, -0.25) is 9.63 Å². The number of amides is 1. The number of ether oxygens (including phenoxy) is 1. The number of methoxy groups -OCH3 is 1. The van der Waals surface area contributed by atoms with Crippen LogP contribution in [0.3, 0.4) is 0 Å². The van der Waals surface area contributed by atoms with Gasteiger partial charge < -0.3 is 25.2 Å². The van der Waals surface area contributed by atoms with Gasteiger partial charge in [0.2, 0.25) is 5.91 Å². The molecule has 1 fully saturated rings. The summed E-state index contributed by atoms with van der Waals surface area (Å²) in [7, 11) is 7.41. The van der Waals surface area contributed by atoms with E-state index >= 15 is 0 Å². The van der Waals surface area contributed by atoms with E-state index in [0.29, 0.717) is 53.9 Å². The molecular formula is C29H34F3N7O3. The SMILES string of the molecule is C=CC(=O)Nc1cc(Nc2cc(N3OCC[C@@H]3c3cccc(C(F)(F)F)c3)ncn2)c(OC)cc1N(C)CCN(C)C. The second-order valence-corrected chi connectivity index (χ2v) is 9.96. The first-order valence-corrected chi connectivity index (χ1v) is 13.2. The van der Waals surface area contributed by atoms with Crippen molar-refractivity contribution in [3.63, 3.8) is 0 Å². The van der Waals surface area contributed by atoms with Crippen molar-refractivity contribution in [2.24, 2.45) is 0 Å². The van der Waals surface area contributed by atoms with E-state index < -0.39 is 17.8 Å². The molecule has 2 aromatic carbocycles. The Morgan fingerprint density at radius 3 is 2.64 bits per heavy atom. The topological polar surface area (TPSA) is 95.1 Å². The molecular weight excluding hydrogens is 551 g/mol. The molecule has 0 aliphatic carbocycles. The Kier molecular flexibility index (Phi) is 9.53. The molecule has 0 unspecified atom stereocenters. The number of rotatable bonds is 11. The second kappa shape index (κ2) is 13.1. The number of likely N-dealkylation sites (N-methyl/N-ethyl adjacent to an activating group) is 2. The number of carbonyl (C=O) groups is 1. The summed E-state index contributed by atoms with van der Waals surface area (Å²) in [6.07, 6.45) is -1.45. The van der Waals surface area contributed by atoms with E-state index in [4.69, 9.17) is 9.57 Å². The molecule has 0 radical (unpaired) electrons. The van der Waals surface area contributed by atoms with Gasteiger partial charge in [0, 0.05) is 38.7 Å². The third-order valence-electron chi connectivity index (χ3n) is 6.70. The van der Waals surface area contributed by atoms with Crippen molar-refractivity contribution in [3.8, 4) is 5.75 Å². The summed E-state index contributed by atoms with van der Waals surface area (Å²) in [4.78, 5) is 30.7. The molecule has 0 spiro atoms. The van der Waals surface area contributed by atoms with E-state index in [1.165, 1.54) is 30.6 Å². The lowest BCUT2D eigenvalue weighted by Crippen LogP contribution is -2.29. The zero-order chi connectivity index (χ0) is 30.4. The van der Waals surface area contributed by atoms with Crippen LogP contribution in [0.1, 0.15) is 23.6 Å². The van der Waals surface area contributed by atoms with Crippen molar-refractivity contribution in [1.82, 2.24) is 14.9 Å². The normalized spacial score (nSPS) is 15.0. The highest BCUT2D eigenvalue weighted by molar-refractivity contribution is 6.02. The van der Waals surface area contributed by atoms with E-state index in [2.05, 4.69) is 32.1 Å². The van der Waals surface area contributed by atoms with E-state index in [-0.39, 0.29) is 5.91 Å². The largest absolute Gasteiger partial charge is 0.494 e. The van der Waals surface area contributed by atoms with Crippen LogP contribution in [0.15, 0.2) is 61.4 Å². The average Bonchev–Trinajstić information content (AvgIpc) is 3.46. The monoisotopic (exact) mass is 585 g/mol. The Morgan fingerprint density at radius 2 is 1.95 bits per heavy atom. The van der Waals surface area contributed by atoms with E-state index in [1.54, 1.807) is 18.2 Å². The van der Waals surface area contributed by atoms with Gasteiger partial charge in [0.25, 0.3) is 0 Å². The highest BCUT2D eigenvalue weighted by atomic mass is 19.4. The standard InChI is InChI=1S/C29H34F3N7O3/c1-6-28(40)36-21-15-22(25(41-5)16-24(21)38(4)12-11-37(2)3)35-26-17-27(34-18-33-26)39-23(10-13-42-39)19-8-7-9-20(14-19)29(30,31)32/h6-9,14-18,23H,1,10-13H2,2-5H3,(H,36,40)(H,33,34,35)/t23-/m1/s1. The molecule has 42 heavy (non-hydrogen) atoms. The number of halogens is 3. The van der Waals surface area contributed by atoms with Crippen LogP contribution in [0, 0.1) is 0 Å². The Labute approximate surface area is 242 Å². The zero-order valence-corrected chi connectivity index (χ0v) is 23.9. The van der Waals surface area contributed by atoms with E-state index in [1.807, 2.05) is 32.1 Å². The lowest BCUT2D eigenvalue weighted by molar-refractivity contribution is -0.137. The molecule has 1 aliphatic rings. The molecule has 1 atom stereocenters. The van der Waals surface area contributed by atoms with Crippen molar-refractivity contribution in [2.75, 3.05) is 68.5 Å². The summed E-state index contributed by atoms with van der Waals surface area (Å²) < 4.78 is 45.7. The van der Waals surface area contributed by atoms with Crippen molar-refractivity contribution < 1.29 is 27.5 Å². The van der Waals surface area contributed by atoms with Gasteiger partial charge in [-0.1, -0.05) is 18.7 Å². The van der Waals surface area contributed by atoms with E-state index in [9.17, 15) is 18.0 Å². The molecule has 224 valence electrons. The van der Waals surface area contributed by atoms with Crippen molar-refractivity contribution in [3.05, 3.63) is 72.6 Å². The van der Waals surface area contributed by atoms with Gasteiger partial charge >= 0.3 is 6.18 Å². The first kappa shape index (κ1) is 30.6. The van der Waals surface area contributed by atoms with Crippen LogP contribution in [0.5, 0.6) is 5.75 Å². The highest BCUT2D eigenvalue weighted by Gasteiger charge is 2.34. The minimum atomic E-state index is -4.45. The van der Waals surface area contributed by atoms with Gasteiger partial charge in [-0.2, -0.15) is 13.2 Å². The molecule has 10 nitrogen and oxygen atoms in total. The predicted molar refractivity (Wildman–Crippen MR) is 156 cm³/mol. The number of anilines is 5. The lowest BCUT2D eigenvalue weighted by Gasteiger charge is -2.26. The number of hydrogen-bond donors (Lipinski definition) is 2. The molecule has 0 bridgehead atoms. The molecule has 13 heteroatoms. The summed E-state index contributed by atoms with van der Waals surface area (Å²) in [6.45, 7) is 5.34. The molecule has 2 N–H and O–H groups in total. The zero-order valence-electron chi connectivity index (χ0n) is 23.9. The van der Waals surface area contributed by atoms with Crippen LogP contribution >= 0.6 is 0 Å². The molecule has 1 amide bonds. The van der Waals surface area contributed by atoms with Gasteiger partial charge in [0.1, 0.15) is 17.9 Å². The molecule has 2 heterocycles. The van der Waals surface area contributed by atoms with Gasteiger partial charge in [-0.05, 0) is 43.9 Å². The number of benzene rings is 2. The van der Waals surface area contributed by atoms with Crippen LogP contribution in [-0.4, -0.2) is 68.7 Å². The number of nitrogens with one attached hydrogen (secondary N) is 2. The molecule has 4 rings (SSSR count). The quantitative estimate of drug-likeness (QED) is 0.293. The van der Waals surface area contributed by atoms with Gasteiger partial charge in [-0.25, -0.2) is 15.0 Å². The number of carbonyl (C=O) groups excluding carboxylic acids is 1. The lowest BCUT2D eigenvalue weighted by atomic mass is 10.0. The van der Waals surface area contributed by atoms with E-state index in [0.717, 1.165) is 24.4 Å². The molecule has 1 aliphatic heterocycles. The Bertz CT molecular complexity index is 1420. The van der Waals surface area contributed by atoms with Crippen LogP contribution in [0.2, 0.25) is 0 Å². The predicted octanol–water partition coefficient (Wildman–Crippen LogP) is 5.25. The molecule has 3 aromatic rings. The summed E-state index contributed by atoms with van der Waals surface area (Å²) in [5.74, 6) is 0.875. The number of aromatic nitrogens is 2. The Morgan fingerprint density at radius 1 is 1.17 bits per heavy atom. The van der Waals surface area contributed by atoms with Crippen LogP contribution in [0.4, 0.5) is 41.9 Å². The van der Waals surface area contributed by atoms with Crippen LogP contribution < -0.4 is 25.3 Å². The van der Waals surface area contributed by atoms with Gasteiger partial charge in [-0.15, -0.1) is 0 Å². The van der Waals surface area contributed by atoms with Crippen LogP contribution in [0.25, 0.3) is 0 Å². The number of nitrogens with zero attached hydrogens (tertiary/aromatic N) is 5. The maximum absolute atomic E-state index is 13.3. The third-order valence-corrected chi connectivity index (χ3v) is 6.70. The minimum absolute atomic E-state index is 0.316. The van der Waals surface area contributed by atoms with Crippen molar-refractivity contribution in [2.45, 2.75) is 18.6 Å². The minimum Gasteiger partial charge on any atom is -0.494 e. The fourth-order valence-corrected chi connectivity index (χ4v) is 4.50. The Balaban J connectivity index is 1.63. The first-order valence-electron chi connectivity index (χ1n) is 13.2. The van der Waals surface area contributed by atoms with Gasteiger partial charge in [0.15, 0.2) is 5.82 Å². The van der Waals surface area contributed by atoms with Crippen LogP contribution in [-0.2, 0) is 15.8 Å². The van der Waals surface area contributed by atoms with Crippen molar-refractivity contribution >= 4 is 34.6 Å². The summed E-state index contributed by atoms with van der Waals surface area (Å²) in [6, 6.07) is 9.91. The summed E-state index contributed by atoms with van der Waals surface area (Å²) >= 11 is 0. The number of alkyl halides is 3. The second-order valence-electron chi connectivity index (χ2n) is 9.96. The van der Waals surface area contributed by atoms with Gasteiger partial charge in [0.05, 0.1) is 42.4 Å². The summed E-state index contributed by atoms with van der Waals surface area (Å²) in [5, 5.41) is 7.56. The number of hydroxylamine groups is 1. The third kappa shape index (κ3) is 7.28. The summed E-state index contributed by atoms with van der Waals surface area (Å²) in [5.41, 5.74) is 1.54. The smallest absolute Gasteiger partial charge is 0.416 e. The highest BCUT2D eigenvalue weighted by Crippen LogP contribution is 2.40. The maximum Gasteiger partial charge on any atom is 0.416 e. The fourth-order valence-electron chi connectivity index (χ4n) is 4.50. The Hall–Kier alpha value is -4.36. The molecule has 0 saturated carbocycles. The average molecular weight is 586 g/mol.